The van der Waals surface area contributed by atoms with Crippen LogP contribution in [0.3, 0.4) is 0 Å². The smallest absolute Gasteiger partial charge is 0.255 e. The molecule has 0 saturated heterocycles. The average Bonchev–Trinajstić information content (AvgIpc) is 2.71. The first-order valence-electron chi connectivity index (χ1n) is 9.04. The normalized spacial score (nSPS) is 11.2. The van der Waals surface area contributed by atoms with E-state index < -0.39 is 10.0 Å². The van der Waals surface area contributed by atoms with Crippen LogP contribution in [0.2, 0.25) is 5.02 Å². The Balaban J connectivity index is 1.76. The van der Waals surface area contributed by atoms with Gasteiger partial charge in [0, 0.05) is 21.2 Å². The van der Waals surface area contributed by atoms with Gasteiger partial charge in [-0.25, -0.2) is 8.42 Å². The molecular weight excluding hydrogens is 440 g/mol. The first-order chi connectivity index (χ1) is 14.3. The van der Waals surface area contributed by atoms with E-state index in [-0.39, 0.29) is 12.5 Å². The summed E-state index contributed by atoms with van der Waals surface area (Å²) in [6.45, 7) is 0.136. The van der Waals surface area contributed by atoms with Gasteiger partial charge in [-0.3, -0.25) is 9.10 Å². The molecule has 0 heterocycles. The molecule has 0 aliphatic heterocycles. The van der Waals surface area contributed by atoms with Gasteiger partial charge >= 0.3 is 0 Å². The number of anilines is 2. The lowest BCUT2D eigenvalue weighted by Gasteiger charge is -2.22. The number of rotatable bonds is 7. The van der Waals surface area contributed by atoms with Gasteiger partial charge in [-0.1, -0.05) is 35.9 Å². The Bertz CT molecular complexity index is 1150. The number of carbonyl (C=O) groups excluding carboxylic acids is 1. The van der Waals surface area contributed by atoms with Crippen LogP contribution in [0.5, 0.6) is 0 Å². The highest BCUT2D eigenvalue weighted by atomic mass is 35.5. The summed E-state index contributed by atoms with van der Waals surface area (Å²) in [5.41, 5.74) is 2.45. The molecule has 8 heteroatoms. The van der Waals surface area contributed by atoms with Crippen LogP contribution in [0.15, 0.2) is 77.7 Å². The van der Waals surface area contributed by atoms with Gasteiger partial charge in [-0.05, 0) is 60.4 Å². The third-order valence-electron chi connectivity index (χ3n) is 4.37. The summed E-state index contributed by atoms with van der Waals surface area (Å²) in [6.07, 6.45) is 3.13. The Morgan fingerprint density at radius 2 is 1.73 bits per heavy atom. The van der Waals surface area contributed by atoms with Gasteiger partial charge in [0.2, 0.25) is 10.0 Å². The third-order valence-corrected chi connectivity index (χ3v) is 6.47. The molecule has 0 aliphatic carbocycles. The molecule has 1 N–H and O–H groups in total. The standard InChI is InChI=1S/C22H21ClN2O3S2/c1-29-21-8-4-6-19(14-21)24-22(26)17-11-9-16(10-12-17)15-25(30(2,27)28)20-7-3-5-18(23)13-20/h3-14H,15H2,1-2H3,(H,24,26). The number of benzene rings is 3. The number of hydrogen-bond donors (Lipinski definition) is 1. The highest BCUT2D eigenvalue weighted by molar-refractivity contribution is 7.98. The second kappa shape index (κ2) is 9.55. The lowest BCUT2D eigenvalue weighted by molar-refractivity contribution is 0.102. The molecule has 0 spiro atoms. The number of nitrogens with zero attached hydrogens (tertiary/aromatic N) is 1. The van der Waals surface area contributed by atoms with Crippen molar-refractivity contribution in [3.8, 4) is 0 Å². The van der Waals surface area contributed by atoms with Crippen LogP contribution >= 0.6 is 23.4 Å². The van der Waals surface area contributed by atoms with E-state index in [1.807, 2.05) is 30.5 Å². The Morgan fingerprint density at radius 3 is 2.37 bits per heavy atom. The molecule has 5 nitrogen and oxygen atoms in total. The number of hydrogen-bond acceptors (Lipinski definition) is 4. The van der Waals surface area contributed by atoms with E-state index >= 15 is 0 Å². The van der Waals surface area contributed by atoms with E-state index in [9.17, 15) is 13.2 Å². The summed E-state index contributed by atoms with van der Waals surface area (Å²) in [7, 11) is -3.51. The molecule has 156 valence electrons. The van der Waals surface area contributed by atoms with Crippen LogP contribution < -0.4 is 9.62 Å². The molecule has 3 aromatic rings. The molecule has 0 atom stereocenters. The van der Waals surface area contributed by atoms with Crippen molar-refractivity contribution >= 4 is 50.7 Å². The Hall–Kier alpha value is -2.48. The monoisotopic (exact) mass is 460 g/mol. The van der Waals surface area contributed by atoms with Crippen LogP contribution in [0.1, 0.15) is 15.9 Å². The van der Waals surface area contributed by atoms with Crippen LogP contribution in [-0.4, -0.2) is 26.8 Å². The number of halogens is 1. The average molecular weight is 461 g/mol. The molecule has 0 fully saturated rings. The minimum atomic E-state index is -3.51. The van der Waals surface area contributed by atoms with Crippen molar-refractivity contribution in [1.82, 2.24) is 0 Å². The fourth-order valence-corrected chi connectivity index (χ4v) is 4.39. The predicted molar refractivity (Wildman–Crippen MR) is 125 cm³/mol. The minimum Gasteiger partial charge on any atom is -0.322 e. The molecule has 0 saturated carbocycles. The molecule has 0 aliphatic rings. The Morgan fingerprint density at radius 1 is 1.03 bits per heavy atom. The summed E-state index contributed by atoms with van der Waals surface area (Å²) in [5.74, 6) is -0.227. The molecule has 0 radical (unpaired) electrons. The fraction of sp³-hybridized carbons (Fsp3) is 0.136. The Kier molecular flexibility index (Phi) is 7.07. The summed E-state index contributed by atoms with van der Waals surface area (Å²) in [4.78, 5) is 13.6. The fourth-order valence-electron chi connectivity index (χ4n) is 2.86. The largest absolute Gasteiger partial charge is 0.322 e. The van der Waals surface area contributed by atoms with E-state index in [1.54, 1.807) is 60.3 Å². The number of sulfonamides is 1. The van der Waals surface area contributed by atoms with Crippen molar-refractivity contribution in [3.63, 3.8) is 0 Å². The molecule has 3 aromatic carbocycles. The van der Waals surface area contributed by atoms with Gasteiger partial charge in [-0.15, -0.1) is 11.8 Å². The predicted octanol–water partition coefficient (Wildman–Crippen LogP) is 5.28. The maximum Gasteiger partial charge on any atom is 0.255 e. The highest BCUT2D eigenvalue weighted by Gasteiger charge is 2.18. The van der Waals surface area contributed by atoms with Crippen molar-refractivity contribution in [1.29, 1.82) is 0 Å². The van der Waals surface area contributed by atoms with Crippen molar-refractivity contribution < 1.29 is 13.2 Å². The zero-order valence-corrected chi connectivity index (χ0v) is 18.9. The summed E-state index contributed by atoms with van der Waals surface area (Å²) < 4.78 is 25.9. The maximum atomic E-state index is 12.5. The SMILES string of the molecule is CSc1cccc(NC(=O)c2ccc(CN(c3cccc(Cl)c3)S(C)(=O)=O)cc2)c1. The van der Waals surface area contributed by atoms with Crippen molar-refractivity contribution in [2.24, 2.45) is 0 Å². The lowest BCUT2D eigenvalue weighted by Crippen LogP contribution is -2.29. The topological polar surface area (TPSA) is 66.5 Å². The molecule has 3 rings (SSSR count). The maximum absolute atomic E-state index is 12.5. The van der Waals surface area contributed by atoms with Crippen LogP contribution in [0.4, 0.5) is 11.4 Å². The van der Waals surface area contributed by atoms with Gasteiger partial charge < -0.3 is 5.32 Å². The first kappa shape index (κ1) is 22.2. The molecular formula is C22H21ClN2O3S2. The van der Waals surface area contributed by atoms with Crippen molar-refractivity contribution in [3.05, 3.63) is 88.9 Å². The van der Waals surface area contributed by atoms with Gasteiger partial charge in [0.05, 0.1) is 18.5 Å². The summed E-state index contributed by atoms with van der Waals surface area (Å²) in [5, 5.41) is 3.33. The number of amides is 1. The molecule has 1 amide bonds. The van der Waals surface area contributed by atoms with E-state index in [0.717, 1.165) is 22.4 Å². The number of nitrogens with one attached hydrogen (secondary N) is 1. The van der Waals surface area contributed by atoms with E-state index in [2.05, 4.69) is 5.32 Å². The minimum absolute atomic E-state index is 0.136. The van der Waals surface area contributed by atoms with E-state index in [0.29, 0.717) is 16.3 Å². The second-order valence-corrected chi connectivity index (χ2v) is 9.86. The van der Waals surface area contributed by atoms with Gasteiger partial charge in [0.15, 0.2) is 0 Å². The lowest BCUT2D eigenvalue weighted by atomic mass is 10.1. The van der Waals surface area contributed by atoms with Gasteiger partial charge in [-0.2, -0.15) is 0 Å². The van der Waals surface area contributed by atoms with E-state index in [4.69, 9.17) is 11.6 Å². The first-order valence-corrected chi connectivity index (χ1v) is 12.5. The van der Waals surface area contributed by atoms with Crippen LogP contribution in [0.25, 0.3) is 0 Å². The molecule has 30 heavy (non-hydrogen) atoms. The van der Waals surface area contributed by atoms with Gasteiger partial charge in [0.25, 0.3) is 5.91 Å². The zero-order chi connectivity index (χ0) is 21.7. The van der Waals surface area contributed by atoms with Crippen LogP contribution in [-0.2, 0) is 16.6 Å². The van der Waals surface area contributed by atoms with E-state index in [1.165, 1.54) is 4.31 Å². The molecule has 0 bridgehead atoms. The number of carbonyl (C=O) groups is 1. The quantitative estimate of drug-likeness (QED) is 0.487. The zero-order valence-electron chi connectivity index (χ0n) is 16.5. The molecule has 0 unspecified atom stereocenters. The third kappa shape index (κ3) is 5.78. The highest BCUT2D eigenvalue weighted by Crippen LogP contribution is 2.24. The summed E-state index contributed by atoms with van der Waals surface area (Å²) in [6, 6.07) is 21.2. The molecule has 0 aromatic heterocycles. The van der Waals surface area contributed by atoms with Crippen molar-refractivity contribution in [2.75, 3.05) is 22.1 Å². The van der Waals surface area contributed by atoms with Crippen LogP contribution in [0, 0.1) is 0 Å². The summed E-state index contributed by atoms with van der Waals surface area (Å²) >= 11 is 7.62. The Labute approximate surface area is 186 Å². The number of thioether (sulfide) groups is 1. The van der Waals surface area contributed by atoms with Gasteiger partial charge in [0.1, 0.15) is 0 Å². The second-order valence-electron chi connectivity index (χ2n) is 6.63. The van der Waals surface area contributed by atoms with Crippen molar-refractivity contribution in [2.45, 2.75) is 11.4 Å².